The van der Waals surface area contributed by atoms with Gasteiger partial charge in [-0.2, -0.15) is 0 Å². The number of rotatable bonds is 5. The second-order valence-electron chi connectivity index (χ2n) is 6.22. The van der Waals surface area contributed by atoms with E-state index in [0.29, 0.717) is 24.1 Å². The van der Waals surface area contributed by atoms with Crippen LogP contribution in [0.5, 0.6) is 0 Å². The van der Waals surface area contributed by atoms with E-state index in [2.05, 4.69) is 5.32 Å². The number of fused-ring (bicyclic) bond motifs is 1. The molecule has 0 aromatic heterocycles. The Hall–Kier alpha value is -2.96. The lowest BCUT2D eigenvalue weighted by Crippen LogP contribution is -2.34. The van der Waals surface area contributed by atoms with Gasteiger partial charge in [-0.05, 0) is 37.1 Å². The van der Waals surface area contributed by atoms with Gasteiger partial charge in [-0.3, -0.25) is 24.1 Å². The van der Waals surface area contributed by atoms with Gasteiger partial charge in [-0.25, -0.2) is 0 Å². The van der Waals surface area contributed by atoms with E-state index in [0.717, 1.165) is 0 Å². The first-order valence-corrected chi connectivity index (χ1v) is 8.17. The van der Waals surface area contributed by atoms with E-state index in [9.17, 15) is 19.2 Å². The normalized spacial score (nSPS) is 22.0. The highest BCUT2D eigenvalue weighted by Gasteiger charge is 2.46. The van der Waals surface area contributed by atoms with Gasteiger partial charge in [-0.1, -0.05) is 12.2 Å². The van der Waals surface area contributed by atoms with Crippen molar-refractivity contribution < 1.29 is 19.2 Å². The molecule has 1 heterocycles. The number of nitrogens with one attached hydrogen (secondary N) is 1. The summed E-state index contributed by atoms with van der Waals surface area (Å²) < 4.78 is 0. The van der Waals surface area contributed by atoms with Crippen LogP contribution in [-0.4, -0.2) is 35.1 Å². The van der Waals surface area contributed by atoms with Gasteiger partial charge in [0.25, 0.3) is 0 Å². The molecule has 25 heavy (non-hydrogen) atoms. The summed E-state index contributed by atoms with van der Waals surface area (Å²) >= 11 is 0. The van der Waals surface area contributed by atoms with Crippen molar-refractivity contribution in [3.8, 4) is 0 Å². The summed E-state index contributed by atoms with van der Waals surface area (Å²) in [7, 11) is 0. The van der Waals surface area contributed by atoms with Gasteiger partial charge in [-0.15, -0.1) is 0 Å². The molecule has 0 bridgehead atoms. The molecule has 1 aromatic carbocycles. The maximum Gasteiger partial charge on any atom is 0.248 e. The van der Waals surface area contributed by atoms with Crippen molar-refractivity contribution in [3.05, 3.63) is 42.0 Å². The van der Waals surface area contributed by atoms with Crippen LogP contribution in [0.3, 0.4) is 0 Å². The van der Waals surface area contributed by atoms with Crippen molar-refractivity contribution in [2.75, 3.05) is 11.9 Å². The molecule has 0 spiro atoms. The first kappa shape index (κ1) is 16.9. The smallest absolute Gasteiger partial charge is 0.248 e. The van der Waals surface area contributed by atoms with Crippen LogP contribution in [0.2, 0.25) is 0 Å². The van der Waals surface area contributed by atoms with Crippen molar-refractivity contribution in [1.82, 2.24) is 4.90 Å². The number of hydrogen-bond donors (Lipinski definition) is 2. The number of allylic oxidation sites excluding steroid dienone is 2. The lowest BCUT2D eigenvalue weighted by molar-refractivity contribution is -0.140. The minimum atomic E-state index is -0.542. The van der Waals surface area contributed by atoms with Crippen molar-refractivity contribution >= 4 is 29.3 Å². The fourth-order valence-corrected chi connectivity index (χ4v) is 3.24. The maximum atomic E-state index is 12.3. The summed E-state index contributed by atoms with van der Waals surface area (Å²) in [4.78, 5) is 48.9. The summed E-state index contributed by atoms with van der Waals surface area (Å²) in [6, 6.07) is 6.18. The van der Waals surface area contributed by atoms with Gasteiger partial charge in [0, 0.05) is 24.2 Å². The molecule has 130 valence electrons. The number of carbonyl (C=O) groups is 4. The third kappa shape index (κ3) is 3.45. The molecule has 2 atom stereocenters. The molecule has 1 aliphatic carbocycles. The number of nitrogens with zero attached hydrogens (tertiary/aromatic N) is 1. The Kier molecular flexibility index (Phi) is 4.65. The maximum absolute atomic E-state index is 12.3. The number of anilines is 1. The predicted octanol–water partition coefficient (Wildman–Crippen LogP) is 1.07. The van der Waals surface area contributed by atoms with E-state index < -0.39 is 5.91 Å². The highest BCUT2D eigenvalue weighted by atomic mass is 16.2. The predicted molar refractivity (Wildman–Crippen MR) is 90.3 cm³/mol. The number of amides is 4. The SMILES string of the molecule is NC(=O)c1ccc(NC(=O)CCN2C(=O)C3CC=CCC3C2=O)cc1. The Morgan fingerprint density at radius 1 is 1.04 bits per heavy atom. The zero-order chi connectivity index (χ0) is 18.0. The lowest BCUT2D eigenvalue weighted by Gasteiger charge is -2.14. The Balaban J connectivity index is 1.55. The average molecular weight is 341 g/mol. The van der Waals surface area contributed by atoms with E-state index >= 15 is 0 Å². The number of benzene rings is 1. The molecule has 1 saturated heterocycles. The molecule has 3 rings (SSSR count). The highest BCUT2D eigenvalue weighted by Crippen LogP contribution is 2.34. The first-order valence-electron chi connectivity index (χ1n) is 8.17. The van der Waals surface area contributed by atoms with Gasteiger partial charge < -0.3 is 11.1 Å². The molecule has 7 nitrogen and oxygen atoms in total. The van der Waals surface area contributed by atoms with Crippen LogP contribution in [0.25, 0.3) is 0 Å². The second-order valence-corrected chi connectivity index (χ2v) is 6.22. The molecule has 2 unspecified atom stereocenters. The number of nitrogens with two attached hydrogens (primary N) is 1. The molecule has 1 fully saturated rings. The molecule has 1 aliphatic heterocycles. The Morgan fingerprint density at radius 2 is 1.60 bits per heavy atom. The molecule has 1 aromatic rings. The molecule has 2 aliphatic rings. The van der Waals surface area contributed by atoms with Gasteiger partial charge >= 0.3 is 0 Å². The van der Waals surface area contributed by atoms with Crippen LogP contribution in [0.4, 0.5) is 5.69 Å². The van der Waals surface area contributed by atoms with Crippen molar-refractivity contribution in [2.45, 2.75) is 19.3 Å². The topological polar surface area (TPSA) is 110 Å². The lowest BCUT2D eigenvalue weighted by atomic mass is 9.85. The van der Waals surface area contributed by atoms with Crippen molar-refractivity contribution in [1.29, 1.82) is 0 Å². The second kappa shape index (κ2) is 6.88. The number of hydrogen-bond acceptors (Lipinski definition) is 4. The third-order valence-corrected chi connectivity index (χ3v) is 4.61. The Morgan fingerprint density at radius 3 is 2.12 bits per heavy atom. The summed E-state index contributed by atoms with van der Waals surface area (Å²) in [5, 5.41) is 2.67. The van der Waals surface area contributed by atoms with Gasteiger partial charge in [0.15, 0.2) is 0 Å². The Labute approximate surface area is 144 Å². The van der Waals surface area contributed by atoms with Crippen LogP contribution in [0, 0.1) is 11.8 Å². The summed E-state index contributed by atoms with van der Waals surface area (Å²) in [5.41, 5.74) is 6.03. The third-order valence-electron chi connectivity index (χ3n) is 4.61. The molecule has 4 amide bonds. The van der Waals surface area contributed by atoms with Crippen LogP contribution in [-0.2, 0) is 14.4 Å². The van der Waals surface area contributed by atoms with Gasteiger partial charge in [0.05, 0.1) is 11.8 Å². The minimum absolute atomic E-state index is 0.0297. The van der Waals surface area contributed by atoms with E-state index in [1.165, 1.54) is 17.0 Å². The fraction of sp³-hybridized carbons (Fsp3) is 0.333. The highest BCUT2D eigenvalue weighted by molar-refractivity contribution is 6.06. The standard InChI is InChI=1S/C18H19N3O4/c19-16(23)11-5-7-12(8-6-11)20-15(22)9-10-21-17(24)13-3-1-2-4-14(13)18(21)25/h1-2,5-8,13-14H,3-4,9-10H2,(H2,19,23)(H,20,22). The van der Waals surface area contributed by atoms with Crippen LogP contribution < -0.4 is 11.1 Å². The average Bonchev–Trinajstić information content (AvgIpc) is 2.85. The molecule has 3 N–H and O–H groups in total. The van der Waals surface area contributed by atoms with E-state index in [4.69, 9.17) is 5.73 Å². The van der Waals surface area contributed by atoms with Crippen LogP contribution in [0.1, 0.15) is 29.6 Å². The number of carbonyl (C=O) groups excluding carboxylic acids is 4. The number of imide groups is 1. The monoisotopic (exact) mass is 341 g/mol. The summed E-state index contributed by atoms with van der Waals surface area (Å²) in [5.74, 6) is -1.76. The molecule has 0 saturated carbocycles. The van der Waals surface area contributed by atoms with E-state index in [1.54, 1.807) is 12.1 Å². The quantitative estimate of drug-likeness (QED) is 0.616. The van der Waals surface area contributed by atoms with Gasteiger partial charge in [0.1, 0.15) is 0 Å². The van der Waals surface area contributed by atoms with Crippen molar-refractivity contribution in [2.24, 2.45) is 17.6 Å². The van der Waals surface area contributed by atoms with E-state index in [1.807, 2.05) is 12.2 Å². The number of primary amides is 1. The molecular weight excluding hydrogens is 322 g/mol. The van der Waals surface area contributed by atoms with E-state index in [-0.39, 0.29) is 42.5 Å². The fourth-order valence-electron chi connectivity index (χ4n) is 3.24. The van der Waals surface area contributed by atoms with Gasteiger partial charge in [0.2, 0.25) is 23.6 Å². The van der Waals surface area contributed by atoms with Crippen LogP contribution in [0.15, 0.2) is 36.4 Å². The number of likely N-dealkylation sites (tertiary alicyclic amines) is 1. The molecular formula is C18H19N3O4. The molecule has 7 heteroatoms. The molecule has 0 radical (unpaired) electrons. The minimum Gasteiger partial charge on any atom is -0.366 e. The summed E-state index contributed by atoms with van der Waals surface area (Å²) in [6.45, 7) is 0.0792. The van der Waals surface area contributed by atoms with Crippen LogP contribution >= 0.6 is 0 Å². The van der Waals surface area contributed by atoms with Crippen molar-refractivity contribution in [3.63, 3.8) is 0 Å². The Bertz CT molecular complexity index is 728. The summed E-state index contributed by atoms with van der Waals surface area (Å²) in [6.07, 6.45) is 5.06. The largest absolute Gasteiger partial charge is 0.366 e. The zero-order valence-corrected chi connectivity index (χ0v) is 13.6. The first-order chi connectivity index (χ1) is 12.0. The zero-order valence-electron chi connectivity index (χ0n) is 13.6.